The average molecular weight is 450 g/mol. The molecule has 0 unspecified atom stereocenters. The Labute approximate surface area is 188 Å². The molecule has 3 aromatic heterocycles. The van der Waals surface area contributed by atoms with Crippen molar-refractivity contribution >= 4 is 34.5 Å². The lowest BCUT2D eigenvalue weighted by Crippen LogP contribution is -2.24. The van der Waals surface area contributed by atoms with Crippen molar-refractivity contribution in [1.82, 2.24) is 34.5 Å². The molecule has 1 saturated carbocycles. The number of hydrogen-bond acceptors (Lipinski definition) is 7. The van der Waals surface area contributed by atoms with Gasteiger partial charge >= 0.3 is 6.03 Å². The van der Waals surface area contributed by atoms with Gasteiger partial charge in [0.15, 0.2) is 5.65 Å². The summed E-state index contributed by atoms with van der Waals surface area (Å²) >= 11 is 0. The molecule has 1 aliphatic rings. The van der Waals surface area contributed by atoms with Gasteiger partial charge in [-0.3, -0.25) is 5.32 Å². The molecule has 4 N–H and O–H groups in total. The first-order valence-electron chi connectivity index (χ1n) is 10.5. The molecule has 3 heterocycles. The number of nitrogens with zero attached hydrogens (tertiary/aromatic N) is 7. The molecule has 170 valence electrons. The second-order valence-electron chi connectivity index (χ2n) is 8.94. The Morgan fingerprint density at radius 2 is 1.94 bits per heavy atom. The lowest BCUT2D eigenvalue weighted by molar-refractivity contribution is 0.262. The molecule has 0 bridgehead atoms. The molecule has 33 heavy (non-hydrogen) atoms. The Balaban J connectivity index is 1.38. The summed E-state index contributed by atoms with van der Waals surface area (Å²) in [7, 11) is 0. The summed E-state index contributed by atoms with van der Waals surface area (Å²) in [6.45, 7) is 5.87. The van der Waals surface area contributed by atoms with Crippen molar-refractivity contribution in [2.75, 3.05) is 16.4 Å². The fraction of sp³-hybridized carbons (Fsp3) is 0.333. The maximum absolute atomic E-state index is 14.9. The third-order valence-corrected chi connectivity index (χ3v) is 5.31. The zero-order valence-electron chi connectivity index (χ0n) is 18.4. The lowest BCUT2D eigenvalue weighted by Gasteiger charge is -2.17. The molecule has 5 rings (SSSR count). The van der Waals surface area contributed by atoms with Crippen LogP contribution in [0.1, 0.15) is 39.7 Å². The van der Waals surface area contributed by atoms with E-state index in [4.69, 9.17) is 5.73 Å². The SMILES string of the molecule is CC(C)(C)n1cnc(NC(=O)Nc2ccc(-c3nn(C4CC4)c4ncnc(N)c34)cc2F)n1. The minimum atomic E-state index is -0.658. The fourth-order valence-electron chi connectivity index (χ4n) is 3.43. The topological polar surface area (TPSA) is 141 Å². The molecule has 12 heteroatoms. The van der Waals surface area contributed by atoms with Crippen LogP contribution in [0.15, 0.2) is 30.9 Å². The van der Waals surface area contributed by atoms with Gasteiger partial charge in [-0.25, -0.2) is 33.5 Å². The number of carbonyl (C=O) groups excluding carboxylic acids is 1. The van der Waals surface area contributed by atoms with Crippen LogP contribution in [0.5, 0.6) is 0 Å². The lowest BCUT2D eigenvalue weighted by atomic mass is 10.1. The summed E-state index contributed by atoms with van der Waals surface area (Å²) in [6, 6.07) is 4.03. The van der Waals surface area contributed by atoms with E-state index in [0.717, 1.165) is 12.8 Å². The summed E-state index contributed by atoms with van der Waals surface area (Å²) < 4.78 is 18.3. The summed E-state index contributed by atoms with van der Waals surface area (Å²) in [5.41, 5.74) is 7.45. The first-order chi connectivity index (χ1) is 15.7. The van der Waals surface area contributed by atoms with Crippen molar-refractivity contribution in [2.45, 2.75) is 45.2 Å². The van der Waals surface area contributed by atoms with Gasteiger partial charge in [-0.15, -0.1) is 5.10 Å². The number of halogens is 1. The van der Waals surface area contributed by atoms with Crippen LogP contribution in [-0.4, -0.2) is 40.5 Å². The largest absolute Gasteiger partial charge is 0.383 e. The van der Waals surface area contributed by atoms with Gasteiger partial charge in [0.25, 0.3) is 0 Å². The number of hydrogen-bond donors (Lipinski definition) is 3. The van der Waals surface area contributed by atoms with Crippen LogP contribution in [0.2, 0.25) is 0 Å². The highest BCUT2D eigenvalue weighted by atomic mass is 19.1. The summed E-state index contributed by atoms with van der Waals surface area (Å²) in [4.78, 5) is 24.8. The van der Waals surface area contributed by atoms with Crippen LogP contribution < -0.4 is 16.4 Å². The number of anilines is 3. The normalized spacial score (nSPS) is 13.9. The number of carbonyl (C=O) groups is 1. The number of benzene rings is 1. The summed E-state index contributed by atoms with van der Waals surface area (Å²) in [5.74, 6) is -0.224. The molecule has 11 nitrogen and oxygen atoms in total. The molecule has 0 radical (unpaired) electrons. The van der Waals surface area contributed by atoms with E-state index >= 15 is 0 Å². The monoisotopic (exact) mass is 450 g/mol. The van der Waals surface area contributed by atoms with Crippen LogP contribution >= 0.6 is 0 Å². The van der Waals surface area contributed by atoms with Crippen molar-refractivity contribution in [1.29, 1.82) is 0 Å². The van der Waals surface area contributed by atoms with Gasteiger partial charge in [-0.05, 0) is 45.7 Å². The Kier molecular flexibility index (Phi) is 4.73. The molecule has 4 aromatic rings. The van der Waals surface area contributed by atoms with E-state index in [2.05, 4.69) is 35.8 Å². The van der Waals surface area contributed by atoms with Crippen LogP contribution in [0.3, 0.4) is 0 Å². The number of fused-ring (bicyclic) bond motifs is 1. The average Bonchev–Trinajstić information content (AvgIpc) is 3.34. The predicted molar refractivity (Wildman–Crippen MR) is 121 cm³/mol. The van der Waals surface area contributed by atoms with E-state index in [1.54, 1.807) is 10.7 Å². The van der Waals surface area contributed by atoms with Crippen LogP contribution in [-0.2, 0) is 5.54 Å². The van der Waals surface area contributed by atoms with Gasteiger partial charge in [-0.2, -0.15) is 5.10 Å². The molecular weight excluding hydrogens is 427 g/mol. The molecule has 1 aliphatic carbocycles. The third kappa shape index (κ3) is 3.95. The van der Waals surface area contributed by atoms with E-state index in [0.29, 0.717) is 22.3 Å². The second-order valence-corrected chi connectivity index (χ2v) is 8.94. The van der Waals surface area contributed by atoms with Gasteiger partial charge in [0.1, 0.15) is 30.0 Å². The molecule has 1 aromatic carbocycles. The quantitative estimate of drug-likeness (QED) is 0.432. The zero-order valence-corrected chi connectivity index (χ0v) is 18.4. The molecule has 2 amide bonds. The van der Waals surface area contributed by atoms with Gasteiger partial charge < -0.3 is 11.1 Å². The smallest absolute Gasteiger partial charge is 0.326 e. The Hall–Kier alpha value is -4.09. The Bertz CT molecular complexity index is 1370. The van der Waals surface area contributed by atoms with Gasteiger partial charge in [0, 0.05) is 5.56 Å². The van der Waals surface area contributed by atoms with Crippen molar-refractivity contribution < 1.29 is 9.18 Å². The molecule has 0 spiro atoms. The number of amides is 2. The maximum Gasteiger partial charge on any atom is 0.326 e. The first kappa shape index (κ1) is 20.8. The molecule has 0 atom stereocenters. The van der Waals surface area contributed by atoms with Crippen molar-refractivity contribution in [2.24, 2.45) is 0 Å². The fourth-order valence-corrected chi connectivity index (χ4v) is 3.43. The number of aromatic nitrogens is 7. The summed E-state index contributed by atoms with van der Waals surface area (Å²) in [5, 5.41) is 14.4. The highest BCUT2D eigenvalue weighted by Gasteiger charge is 2.29. The number of nitrogen functional groups attached to an aromatic ring is 1. The molecule has 0 saturated heterocycles. The van der Waals surface area contributed by atoms with Crippen molar-refractivity contribution in [3.05, 3.63) is 36.7 Å². The molecular formula is C21H23FN10O. The highest BCUT2D eigenvalue weighted by molar-refractivity contribution is 6.00. The maximum atomic E-state index is 14.9. The van der Waals surface area contributed by atoms with Crippen LogP contribution in [0.25, 0.3) is 22.3 Å². The van der Waals surface area contributed by atoms with E-state index < -0.39 is 11.8 Å². The Morgan fingerprint density at radius 1 is 1.15 bits per heavy atom. The molecule has 0 aliphatic heterocycles. The Morgan fingerprint density at radius 3 is 2.61 bits per heavy atom. The zero-order chi connectivity index (χ0) is 23.3. The number of nitrogens with two attached hydrogens (primary N) is 1. The van der Waals surface area contributed by atoms with Crippen LogP contribution in [0, 0.1) is 5.82 Å². The van der Waals surface area contributed by atoms with Gasteiger partial charge in [0.2, 0.25) is 5.95 Å². The van der Waals surface area contributed by atoms with Crippen molar-refractivity contribution in [3.8, 4) is 11.3 Å². The second kappa shape index (κ2) is 7.50. The van der Waals surface area contributed by atoms with Gasteiger partial charge in [0.05, 0.1) is 22.7 Å². The standard InChI is InChI=1S/C21H23FN10O/c1-21(2,3)31-10-26-19(30-31)28-20(33)27-14-7-4-11(8-13(14)22)16-15-17(23)24-9-25-18(15)32(29-16)12-5-6-12/h4,7-10,12H,5-6H2,1-3H3,(H2,23,24,25)(H2,27,28,30,33). The third-order valence-electron chi connectivity index (χ3n) is 5.31. The van der Waals surface area contributed by atoms with E-state index in [1.165, 1.54) is 24.8 Å². The van der Waals surface area contributed by atoms with E-state index in [9.17, 15) is 9.18 Å². The van der Waals surface area contributed by atoms with Crippen LogP contribution in [0.4, 0.5) is 26.6 Å². The number of urea groups is 1. The summed E-state index contributed by atoms with van der Waals surface area (Å²) in [6.07, 6.45) is 4.93. The van der Waals surface area contributed by atoms with E-state index in [1.807, 2.05) is 25.5 Å². The van der Waals surface area contributed by atoms with Crippen molar-refractivity contribution in [3.63, 3.8) is 0 Å². The number of rotatable bonds is 4. The predicted octanol–water partition coefficient (Wildman–Crippen LogP) is 3.54. The van der Waals surface area contributed by atoms with Gasteiger partial charge in [-0.1, -0.05) is 6.07 Å². The minimum Gasteiger partial charge on any atom is -0.383 e. The molecule has 1 fully saturated rings. The number of nitrogens with one attached hydrogen (secondary N) is 2. The minimum absolute atomic E-state index is 0.00153. The first-order valence-corrected chi connectivity index (χ1v) is 10.5. The highest BCUT2D eigenvalue weighted by Crippen LogP contribution is 2.40. The van der Waals surface area contributed by atoms with E-state index in [-0.39, 0.29) is 29.0 Å².